The monoisotopic (exact) mass is 218 g/mol. The van der Waals surface area contributed by atoms with Crippen molar-refractivity contribution < 1.29 is 9.00 Å². The van der Waals surface area contributed by atoms with Crippen molar-refractivity contribution in [2.45, 2.75) is 25.8 Å². The molecule has 5 heteroatoms. The van der Waals surface area contributed by atoms with Crippen LogP contribution in [-0.4, -0.2) is 34.7 Å². The van der Waals surface area contributed by atoms with Crippen molar-refractivity contribution in [3.05, 3.63) is 0 Å². The van der Waals surface area contributed by atoms with Crippen molar-refractivity contribution in [3.63, 3.8) is 0 Å². The molecule has 0 heterocycles. The summed E-state index contributed by atoms with van der Waals surface area (Å²) in [5.74, 6) is 0.532. The predicted molar refractivity (Wildman–Crippen MR) is 57.3 cm³/mol. The molecule has 1 amide bonds. The van der Waals surface area contributed by atoms with E-state index in [9.17, 15) is 9.00 Å². The standard InChI is InChI=1S/C9H18N2O2S/c1-7(5-14(2)13)11-8(12)9(6-10)3-4-9/h7H,3-6,10H2,1-2H3,(H,11,12). The number of carbonyl (C=O) groups excluding carboxylic acids is 1. The minimum atomic E-state index is -0.866. The first-order valence-electron chi connectivity index (χ1n) is 4.81. The molecule has 1 fully saturated rings. The van der Waals surface area contributed by atoms with E-state index in [2.05, 4.69) is 5.32 Å². The van der Waals surface area contributed by atoms with E-state index in [0.717, 1.165) is 12.8 Å². The normalized spacial score (nSPS) is 22.5. The Bertz CT molecular complexity index is 251. The topological polar surface area (TPSA) is 72.2 Å². The van der Waals surface area contributed by atoms with Crippen molar-refractivity contribution in [1.29, 1.82) is 0 Å². The predicted octanol–water partition coefficient (Wildman–Crippen LogP) is -0.391. The molecule has 0 aliphatic heterocycles. The maximum Gasteiger partial charge on any atom is 0.227 e. The molecule has 82 valence electrons. The molecule has 14 heavy (non-hydrogen) atoms. The molecule has 0 aromatic rings. The van der Waals surface area contributed by atoms with Gasteiger partial charge in [-0.3, -0.25) is 9.00 Å². The molecule has 0 radical (unpaired) electrons. The molecule has 0 spiro atoms. The molecule has 0 saturated heterocycles. The van der Waals surface area contributed by atoms with Crippen LogP contribution in [0.15, 0.2) is 0 Å². The Labute approximate surface area is 87.1 Å². The molecule has 0 aromatic carbocycles. The fraction of sp³-hybridized carbons (Fsp3) is 0.889. The van der Waals surface area contributed by atoms with E-state index in [0.29, 0.717) is 12.3 Å². The number of rotatable bonds is 5. The second kappa shape index (κ2) is 4.40. The largest absolute Gasteiger partial charge is 0.352 e. The highest BCUT2D eigenvalue weighted by molar-refractivity contribution is 7.84. The van der Waals surface area contributed by atoms with Gasteiger partial charge in [-0.1, -0.05) is 0 Å². The summed E-state index contributed by atoms with van der Waals surface area (Å²) >= 11 is 0. The Morgan fingerprint density at radius 2 is 2.21 bits per heavy atom. The van der Waals surface area contributed by atoms with Gasteiger partial charge >= 0.3 is 0 Å². The van der Waals surface area contributed by atoms with Crippen molar-refractivity contribution in [1.82, 2.24) is 5.32 Å². The van der Waals surface area contributed by atoms with Crippen LogP contribution in [0.3, 0.4) is 0 Å². The molecular weight excluding hydrogens is 200 g/mol. The minimum absolute atomic E-state index is 0.0259. The van der Waals surface area contributed by atoms with Crippen LogP contribution in [-0.2, 0) is 15.6 Å². The molecule has 2 atom stereocenters. The molecule has 2 unspecified atom stereocenters. The lowest BCUT2D eigenvalue weighted by Gasteiger charge is -2.17. The summed E-state index contributed by atoms with van der Waals surface area (Å²) in [5.41, 5.74) is 5.22. The van der Waals surface area contributed by atoms with Gasteiger partial charge in [0.05, 0.1) is 5.41 Å². The Morgan fingerprint density at radius 3 is 2.57 bits per heavy atom. The highest BCUT2D eigenvalue weighted by atomic mass is 32.2. The van der Waals surface area contributed by atoms with E-state index < -0.39 is 10.8 Å². The maximum atomic E-state index is 11.7. The highest BCUT2D eigenvalue weighted by Crippen LogP contribution is 2.44. The first-order valence-corrected chi connectivity index (χ1v) is 6.54. The molecule has 0 bridgehead atoms. The number of nitrogens with one attached hydrogen (secondary N) is 1. The lowest BCUT2D eigenvalue weighted by Crippen LogP contribution is -2.43. The van der Waals surface area contributed by atoms with Crippen LogP contribution in [0, 0.1) is 5.41 Å². The fourth-order valence-corrected chi connectivity index (χ4v) is 2.23. The molecule has 0 aromatic heterocycles. The zero-order valence-corrected chi connectivity index (χ0v) is 9.52. The summed E-state index contributed by atoms with van der Waals surface area (Å²) in [6.45, 7) is 2.28. The molecular formula is C9H18N2O2S. The molecule has 1 rings (SSSR count). The molecule has 4 nitrogen and oxygen atoms in total. The van der Waals surface area contributed by atoms with E-state index in [1.165, 1.54) is 0 Å². The summed E-state index contributed by atoms with van der Waals surface area (Å²) < 4.78 is 10.9. The lowest BCUT2D eigenvalue weighted by atomic mass is 10.1. The van der Waals surface area contributed by atoms with Gasteiger partial charge in [-0.15, -0.1) is 0 Å². The lowest BCUT2D eigenvalue weighted by molar-refractivity contribution is -0.126. The SMILES string of the molecule is CC(CS(C)=O)NC(=O)C1(CN)CC1. The number of amides is 1. The van der Waals surface area contributed by atoms with E-state index in [-0.39, 0.29) is 17.4 Å². The summed E-state index contributed by atoms with van der Waals surface area (Å²) in [7, 11) is -0.866. The smallest absolute Gasteiger partial charge is 0.227 e. The third kappa shape index (κ3) is 2.78. The Kier molecular flexibility index (Phi) is 3.66. The summed E-state index contributed by atoms with van der Waals surface area (Å²) in [6.07, 6.45) is 3.41. The first-order chi connectivity index (χ1) is 6.50. The third-order valence-corrected chi connectivity index (χ3v) is 3.56. The number of carbonyl (C=O) groups is 1. The van der Waals surface area contributed by atoms with Crippen LogP contribution >= 0.6 is 0 Å². The summed E-state index contributed by atoms with van der Waals surface area (Å²) in [6, 6.07) is -0.0302. The van der Waals surface area contributed by atoms with E-state index in [1.54, 1.807) is 6.26 Å². The first kappa shape index (κ1) is 11.7. The number of hydrogen-bond donors (Lipinski definition) is 2. The second-order valence-electron chi connectivity index (χ2n) is 4.10. The van der Waals surface area contributed by atoms with Crippen LogP contribution in [0.1, 0.15) is 19.8 Å². The average molecular weight is 218 g/mol. The van der Waals surface area contributed by atoms with Crippen LogP contribution in [0.4, 0.5) is 0 Å². The van der Waals surface area contributed by atoms with Gasteiger partial charge in [0.15, 0.2) is 0 Å². The number of nitrogens with two attached hydrogens (primary N) is 1. The fourth-order valence-electron chi connectivity index (χ4n) is 1.45. The zero-order chi connectivity index (χ0) is 10.8. The van der Waals surface area contributed by atoms with Crippen molar-refractivity contribution >= 4 is 16.7 Å². The second-order valence-corrected chi connectivity index (χ2v) is 5.58. The van der Waals surface area contributed by atoms with Gasteiger partial charge in [-0.2, -0.15) is 0 Å². The quantitative estimate of drug-likeness (QED) is 0.660. The van der Waals surface area contributed by atoms with Crippen LogP contribution in [0.5, 0.6) is 0 Å². The zero-order valence-electron chi connectivity index (χ0n) is 8.71. The Balaban J connectivity index is 2.37. The maximum absolute atomic E-state index is 11.7. The number of hydrogen-bond acceptors (Lipinski definition) is 3. The van der Waals surface area contributed by atoms with Gasteiger partial charge in [-0.25, -0.2) is 0 Å². The van der Waals surface area contributed by atoms with Gasteiger partial charge in [0.25, 0.3) is 0 Å². The van der Waals surface area contributed by atoms with Gasteiger partial charge < -0.3 is 11.1 Å². The minimum Gasteiger partial charge on any atom is -0.352 e. The van der Waals surface area contributed by atoms with Crippen molar-refractivity contribution in [3.8, 4) is 0 Å². The van der Waals surface area contributed by atoms with Gasteiger partial charge in [0.2, 0.25) is 5.91 Å². The van der Waals surface area contributed by atoms with Gasteiger partial charge in [0, 0.05) is 35.4 Å². The van der Waals surface area contributed by atoms with E-state index in [1.807, 2.05) is 6.92 Å². The Morgan fingerprint density at radius 1 is 1.64 bits per heavy atom. The third-order valence-electron chi connectivity index (χ3n) is 2.59. The van der Waals surface area contributed by atoms with Crippen LogP contribution in [0.25, 0.3) is 0 Å². The van der Waals surface area contributed by atoms with Crippen LogP contribution in [0.2, 0.25) is 0 Å². The summed E-state index contributed by atoms with van der Waals surface area (Å²) in [5, 5.41) is 2.85. The van der Waals surface area contributed by atoms with Crippen molar-refractivity contribution in [2.24, 2.45) is 11.1 Å². The molecule has 1 aliphatic carbocycles. The average Bonchev–Trinajstić information content (AvgIpc) is 2.82. The van der Waals surface area contributed by atoms with E-state index >= 15 is 0 Å². The van der Waals surface area contributed by atoms with Crippen LogP contribution < -0.4 is 11.1 Å². The van der Waals surface area contributed by atoms with Gasteiger partial charge in [-0.05, 0) is 19.8 Å². The molecule has 3 N–H and O–H groups in total. The molecule has 1 aliphatic rings. The molecule has 1 saturated carbocycles. The van der Waals surface area contributed by atoms with Gasteiger partial charge in [0.1, 0.15) is 0 Å². The van der Waals surface area contributed by atoms with Crippen molar-refractivity contribution in [2.75, 3.05) is 18.6 Å². The Hall–Kier alpha value is -0.420. The van der Waals surface area contributed by atoms with E-state index in [4.69, 9.17) is 5.73 Å². The highest BCUT2D eigenvalue weighted by Gasteiger charge is 2.48. The summed E-state index contributed by atoms with van der Waals surface area (Å²) in [4.78, 5) is 11.7.